The Labute approximate surface area is 185 Å². The quantitative estimate of drug-likeness (QED) is 0.415. The van der Waals surface area contributed by atoms with E-state index in [9.17, 15) is 0 Å². The number of rotatable bonds is 8. The van der Waals surface area contributed by atoms with Gasteiger partial charge < -0.3 is 4.74 Å². The SMILES string of the molecule is CCc1cccc(CC)c1-c1cc(OC)c(CN(C)Cc2cccc(Cl)c2)c(C)n1. The van der Waals surface area contributed by atoms with Crippen LogP contribution in [0.4, 0.5) is 0 Å². The van der Waals surface area contributed by atoms with E-state index in [0.717, 1.165) is 53.7 Å². The molecular weight excluding hydrogens is 392 g/mol. The fourth-order valence-electron chi connectivity index (χ4n) is 4.02. The Bertz CT molecular complexity index is 994. The molecule has 0 unspecified atom stereocenters. The van der Waals surface area contributed by atoms with Crippen LogP contribution >= 0.6 is 11.6 Å². The predicted molar refractivity (Wildman–Crippen MR) is 126 cm³/mol. The molecule has 0 fully saturated rings. The van der Waals surface area contributed by atoms with Gasteiger partial charge >= 0.3 is 0 Å². The Morgan fingerprint density at radius 1 is 0.967 bits per heavy atom. The average molecular weight is 423 g/mol. The van der Waals surface area contributed by atoms with Crippen LogP contribution in [0.3, 0.4) is 0 Å². The first-order chi connectivity index (χ1) is 14.5. The van der Waals surface area contributed by atoms with E-state index >= 15 is 0 Å². The number of hydrogen-bond acceptors (Lipinski definition) is 3. The third-order valence-corrected chi connectivity index (χ3v) is 5.77. The van der Waals surface area contributed by atoms with Gasteiger partial charge in [-0.1, -0.05) is 55.8 Å². The van der Waals surface area contributed by atoms with Gasteiger partial charge in [-0.2, -0.15) is 0 Å². The summed E-state index contributed by atoms with van der Waals surface area (Å²) in [6.07, 6.45) is 1.96. The minimum atomic E-state index is 0.755. The van der Waals surface area contributed by atoms with E-state index in [4.69, 9.17) is 21.3 Å². The lowest BCUT2D eigenvalue weighted by Crippen LogP contribution is -2.19. The number of aromatic nitrogens is 1. The molecule has 30 heavy (non-hydrogen) atoms. The first kappa shape index (κ1) is 22.3. The van der Waals surface area contributed by atoms with Crippen molar-refractivity contribution >= 4 is 11.6 Å². The molecule has 158 valence electrons. The van der Waals surface area contributed by atoms with E-state index in [2.05, 4.69) is 63.1 Å². The molecular formula is C26H31ClN2O. The lowest BCUT2D eigenvalue weighted by molar-refractivity contribution is 0.308. The Hall–Kier alpha value is -2.36. The van der Waals surface area contributed by atoms with Crippen LogP contribution in [0.1, 0.15) is 41.8 Å². The number of pyridine rings is 1. The zero-order valence-electron chi connectivity index (χ0n) is 18.6. The first-order valence-corrected chi connectivity index (χ1v) is 10.9. The molecule has 0 aliphatic heterocycles. The summed E-state index contributed by atoms with van der Waals surface area (Å²) in [6.45, 7) is 8.03. The molecule has 0 atom stereocenters. The summed E-state index contributed by atoms with van der Waals surface area (Å²) in [5.41, 5.74) is 8.23. The summed E-state index contributed by atoms with van der Waals surface area (Å²) in [5, 5.41) is 0.766. The van der Waals surface area contributed by atoms with Gasteiger partial charge in [0.05, 0.1) is 12.8 Å². The molecule has 0 aliphatic rings. The molecule has 0 saturated heterocycles. The first-order valence-electron chi connectivity index (χ1n) is 10.5. The van der Waals surface area contributed by atoms with Crippen LogP contribution in [0, 0.1) is 6.92 Å². The third kappa shape index (κ3) is 5.03. The van der Waals surface area contributed by atoms with Crippen molar-refractivity contribution in [1.82, 2.24) is 9.88 Å². The van der Waals surface area contributed by atoms with E-state index in [-0.39, 0.29) is 0 Å². The molecule has 0 spiro atoms. The molecule has 3 nitrogen and oxygen atoms in total. The molecule has 0 bridgehead atoms. The summed E-state index contributed by atoms with van der Waals surface area (Å²) < 4.78 is 5.82. The summed E-state index contributed by atoms with van der Waals surface area (Å²) in [5.74, 6) is 0.892. The van der Waals surface area contributed by atoms with Gasteiger partial charge in [-0.15, -0.1) is 0 Å². The normalized spacial score (nSPS) is 11.2. The molecule has 4 heteroatoms. The monoisotopic (exact) mass is 422 g/mol. The van der Waals surface area contributed by atoms with Gasteiger partial charge in [-0.25, -0.2) is 0 Å². The van der Waals surface area contributed by atoms with Gasteiger partial charge in [0.25, 0.3) is 0 Å². The Balaban J connectivity index is 1.94. The molecule has 3 aromatic rings. The van der Waals surface area contributed by atoms with E-state index in [1.807, 2.05) is 18.2 Å². The molecule has 3 rings (SSSR count). The number of ether oxygens (including phenoxy) is 1. The van der Waals surface area contributed by atoms with Crippen molar-refractivity contribution in [2.75, 3.05) is 14.2 Å². The van der Waals surface area contributed by atoms with Crippen LogP contribution in [0.25, 0.3) is 11.3 Å². The van der Waals surface area contributed by atoms with Crippen LogP contribution in [0.15, 0.2) is 48.5 Å². The second-order valence-corrected chi connectivity index (χ2v) is 8.17. The van der Waals surface area contributed by atoms with Gasteiger partial charge in [0.15, 0.2) is 0 Å². The second-order valence-electron chi connectivity index (χ2n) is 7.73. The van der Waals surface area contributed by atoms with Crippen molar-refractivity contribution in [2.24, 2.45) is 0 Å². The molecule has 1 heterocycles. The molecule has 2 aromatic carbocycles. The second kappa shape index (κ2) is 10.1. The van der Waals surface area contributed by atoms with E-state index in [1.165, 1.54) is 22.3 Å². The molecule has 0 radical (unpaired) electrons. The third-order valence-electron chi connectivity index (χ3n) is 5.53. The largest absolute Gasteiger partial charge is 0.496 e. The summed E-state index contributed by atoms with van der Waals surface area (Å²) in [4.78, 5) is 7.27. The van der Waals surface area contributed by atoms with Gasteiger partial charge in [-0.3, -0.25) is 9.88 Å². The maximum Gasteiger partial charge on any atom is 0.127 e. The highest BCUT2D eigenvalue weighted by Crippen LogP contribution is 2.33. The van der Waals surface area contributed by atoms with Gasteiger partial charge in [0.1, 0.15) is 5.75 Å². The number of methoxy groups -OCH3 is 1. The summed E-state index contributed by atoms with van der Waals surface area (Å²) in [6, 6.07) is 16.6. The van der Waals surface area contributed by atoms with Crippen LogP contribution < -0.4 is 4.74 Å². The number of aryl methyl sites for hydroxylation is 3. The molecule has 0 saturated carbocycles. The smallest absolute Gasteiger partial charge is 0.127 e. The van der Waals surface area contributed by atoms with Crippen molar-refractivity contribution < 1.29 is 4.74 Å². The topological polar surface area (TPSA) is 25.4 Å². The Morgan fingerprint density at radius 3 is 2.23 bits per heavy atom. The lowest BCUT2D eigenvalue weighted by atomic mass is 9.94. The highest BCUT2D eigenvalue weighted by molar-refractivity contribution is 6.30. The predicted octanol–water partition coefficient (Wildman–Crippen LogP) is 6.48. The minimum absolute atomic E-state index is 0.755. The standard InChI is InChI=1S/C26H31ClN2O/c1-6-20-11-9-12-21(7-2)26(20)24-15-25(30-5)23(18(3)28-24)17-29(4)16-19-10-8-13-22(27)14-19/h8-15H,6-7,16-17H2,1-5H3. The summed E-state index contributed by atoms with van der Waals surface area (Å²) >= 11 is 6.14. The van der Waals surface area contributed by atoms with Gasteiger partial charge in [-0.05, 0) is 55.6 Å². The van der Waals surface area contributed by atoms with Crippen molar-refractivity contribution in [1.29, 1.82) is 0 Å². The van der Waals surface area contributed by atoms with Crippen LogP contribution in [0.2, 0.25) is 5.02 Å². The van der Waals surface area contributed by atoms with Gasteiger partial charge in [0, 0.05) is 41.0 Å². The fraction of sp³-hybridized carbons (Fsp3) is 0.346. The average Bonchev–Trinajstić information content (AvgIpc) is 2.74. The summed E-state index contributed by atoms with van der Waals surface area (Å²) in [7, 11) is 3.85. The molecule has 0 amide bonds. The van der Waals surface area contributed by atoms with Crippen LogP contribution in [-0.2, 0) is 25.9 Å². The van der Waals surface area contributed by atoms with E-state index in [0.29, 0.717) is 0 Å². The molecule has 1 aromatic heterocycles. The number of nitrogens with zero attached hydrogens (tertiary/aromatic N) is 2. The maximum atomic E-state index is 6.14. The number of halogens is 1. The molecule has 0 aliphatic carbocycles. The maximum absolute atomic E-state index is 6.14. The highest BCUT2D eigenvalue weighted by atomic mass is 35.5. The van der Waals surface area contributed by atoms with Crippen molar-refractivity contribution in [2.45, 2.75) is 46.7 Å². The lowest BCUT2D eigenvalue weighted by Gasteiger charge is -2.21. The van der Waals surface area contributed by atoms with Crippen molar-refractivity contribution in [3.8, 4) is 17.0 Å². The zero-order chi connectivity index (χ0) is 21.7. The number of benzene rings is 2. The Morgan fingerprint density at radius 2 is 1.63 bits per heavy atom. The minimum Gasteiger partial charge on any atom is -0.496 e. The van der Waals surface area contributed by atoms with E-state index < -0.39 is 0 Å². The Kier molecular flexibility index (Phi) is 7.52. The zero-order valence-corrected chi connectivity index (χ0v) is 19.4. The van der Waals surface area contributed by atoms with Crippen LogP contribution in [-0.4, -0.2) is 24.0 Å². The number of hydrogen-bond donors (Lipinski definition) is 0. The van der Waals surface area contributed by atoms with Crippen LogP contribution in [0.5, 0.6) is 5.75 Å². The molecule has 0 N–H and O–H groups in total. The fourth-order valence-corrected chi connectivity index (χ4v) is 4.23. The van der Waals surface area contributed by atoms with Gasteiger partial charge in [0.2, 0.25) is 0 Å². The highest BCUT2D eigenvalue weighted by Gasteiger charge is 2.17. The van der Waals surface area contributed by atoms with Crippen molar-refractivity contribution in [3.63, 3.8) is 0 Å². The van der Waals surface area contributed by atoms with Crippen molar-refractivity contribution in [3.05, 3.63) is 81.5 Å². The van der Waals surface area contributed by atoms with E-state index in [1.54, 1.807) is 7.11 Å².